The molecule has 1 aromatic carbocycles. The molecule has 0 fully saturated rings. The normalized spacial score (nSPS) is 10.2. The van der Waals surface area contributed by atoms with E-state index in [1.54, 1.807) is 43.8 Å². The van der Waals surface area contributed by atoms with Gasteiger partial charge in [-0.05, 0) is 36.4 Å². The van der Waals surface area contributed by atoms with Crippen LogP contribution in [0.4, 0.5) is 5.13 Å². The molecule has 0 bridgehead atoms. The molecule has 3 aromatic rings. The number of benzene rings is 1. The van der Waals surface area contributed by atoms with Crippen LogP contribution in [0.1, 0.15) is 10.4 Å². The second-order valence-electron chi connectivity index (χ2n) is 4.33. The third kappa shape index (κ3) is 3.09. The van der Waals surface area contributed by atoms with Crippen LogP contribution in [-0.4, -0.2) is 28.2 Å². The van der Waals surface area contributed by atoms with E-state index in [2.05, 4.69) is 20.5 Å². The Morgan fingerprint density at radius 3 is 2.50 bits per heavy atom. The molecule has 0 aliphatic rings. The van der Waals surface area contributed by atoms with Crippen LogP contribution in [0.25, 0.3) is 10.6 Å². The van der Waals surface area contributed by atoms with Crippen molar-refractivity contribution in [1.82, 2.24) is 15.2 Å². The number of pyridine rings is 1. The highest BCUT2D eigenvalue weighted by molar-refractivity contribution is 7.18. The van der Waals surface area contributed by atoms with Crippen LogP contribution in [0.15, 0.2) is 48.8 Å². The maximum absolute atomic E-state index is 12.1. The van der Waals surface area contributed by atoms with Gasteiger partial charge in [-0.25, -0.2) is 0 Å². The summed E-state index contributed by atoms with van der Waals surface area (Å²) in [5.41, 5.74) is 1.44. The van der Waals surface area contributed by atoms with Gasteiger partial charge in [0.2, 0.25) is 5.13 Å². The number of nitrogens with zero attached hydrogens (tertiary/aromatic N) is 3. The summed E-state index contributed by atoms with van der Waals surface area (Å²) < 4.78 is 5.06. The van der Waals surface area contributed by atoms with Crippen molar-refractivity contribution in [3.8, 4) is 16.3 Å². The number of rotatable bonds is 4. The van der Waals surface area contributed by atoms with Crippen molar-refractivity contribution < 1.29 is 9.53 Å². The van der Waals surface area contributed by atoms with Gasteiger partial charge < -0.3 is 4.74 Å². The average molecular weight is 312 g/mol. The highest BCUT2D eigenvalue weighted by atomic mass is 32.1. The number of methoxy groups -OCH3 is 1. The number of aromatic nitrogens is 3. The Bertz CT molecular complexity index is 772. The Hall–Kier alpha value is -2.80. The molecule has 0 radical (unpaired) electrons. The predicted molar refractivity (Wildman–Crippen MR) is 84.1 cm³/mol. The molecule has 1 N–H and O–H groups in total. The Labute approximate surface area is 130 Å². The number of hydrogen-bond acceptors (Lipinski definition) is 6. The summed E-state index contributed by atoms with van der Waals surface area (Å²) in [6.07, 6.45) is 3.37. The number of amides is 1. The molecule has 7 heteroatoms. The SMILES string of the molecule is COc1ccc(C(=O)Nc2nnc(-c3ccncc3)s2)cc1. The number of ether oxygens (including phenoxy) is 1. The van der Waals surface area contributed by atoms with E-state index in [0.29, 0.717) is 16.4 Å². The van der Waals surface area contributed by atoms with Gasteiger partial charge in [0.05, 0.1) is 7.11 Å². The van der Waals surface area contributed by atoms with Crippen LogP contribution >= 0.6 is 11.3 Å². The van der Waals surface area contributed by atoms with Gasteiger partial charge in [-0.2, -0.15) is 0 Å². The summed E-state index contributed by atoms with van der Waals surface area (Å²) in [5.74, 6) is 0.465. The van der Waals surface area contributed by atoms with E-state index in [1.165, 1.54) is 11.3 Å². The van der Waals surface area contributed by atoms with Crippen LogP contribution in [-0.2, 0) is 0 Å². The zero-order chi connectivity index (χ0) is 15.4. The second-order valence-corrected chi connectivity index (χ2v) is 5.31. The maximum atomic E-state index is 12.1. The van der Waals surface area contributed by atoms with Crippen molar-refractivity contribution in [2.75, 3.05) is 12.4 Å². The molecule has 0 spiro atoms. The van der Waals surface area contributed by atoms with E-state index >= 15 is 0 Å². The number of carbonyl (C=O) groups excluding carboxylic acids is 1. The lowest BCUT2D eigenvalue weighted by atomic mass is 10.2. The summed E-state index contributed by atoms with van der Waals surface area (Å²) in [6.45, 7) is 0. The van der Waals surface area contributed by atoms with Crippen LogP contribution in [0, 0.1) is 0 Å². The van der Waals surface area contributed by atoms with Crippen molar-refractivity contribution in [3.63, 3.8) is 0 Å². The Balaban J connectivity index is 1.73. The first-order valence-electron chi connectivity index (χ1n) is 6.45. The third-order valence-corrected chi connectivity index (χ3v) is 3.81. The van der Waals surface area contributed by atoms with Gasteiger partial charge in [0.1, 0.15) is 10.8 Å². The molecule has 22 heavy (non-hydrogen) atoms. The minimum absolute atomic E-state index is 0.236. The van der Waals surface area contributed by atoms with E-state index in [-0.39, 0.29) is 5.91 Å². The number of nitrogens with one attached hydrogen (secondary N) is 1. The fourth-order valence-electron chi connectivity index (χ4n) is 1.80. The van der Waals surface area contributed by atoms with Crippen molar-refractivity contribution in [1.29, 1.82) is 0 Å². The standard InChI is InChI=1S/C15H12N4O2S/c1-21-12-4-2-10(3-5-12)13(20)17-15-19-18-14(22-15)11-6-8-16-9-7-11/h2-9H,1H3,(H,17,19,20). The fraction of sp³-hybridized carbons (Fsp3) is 0.0667. The maximum Gasteiger partial charge on any atom is 0.257 e. The molecule has 2 heterocycles. The highest BCUT2D eigenvalue weighted by Gasteiger charge is 2.11. The van der Waals surface area contributed by atoms with E-state index < -0.39 is 0 Å². The first-order valence-corrected chi connectivity index (χ1v) is 7.27. The second kappa shape index (κ2) is 6.31. The van der Waals surface area contributed by atoms with Gasteiger partial charge in [0.25, 0.3) is 5.91 Å². The summed E-state index contributed by atoms with van der Waals surface area (Å²) in [7, 11) is 1.58. The van der Waals surface area contributed by atoms with Gasteiger partial charge in [0.15, 0.2) is 0 Å². The highest BCUT2D eigenvalue weighted by Crippen LogP contribution is 2.26. The molecule has 0 saturated heterocycles. The lowest BCUT2D eigenvalue weighted by Gasteiger charge is -2.02. The minimum Gasteiger partial charge on any atom is -0.497 e. The van der Waals surface area contributed by atoms with Gasteiger partial charge in [-0.15, -0.1) is 10.2 Å². The molecule has 3 rings (SSSR count). The Morgan fingerprint density at radius 2 is 1.82 bits per heavy atom. The molecule has 0 saturated carbocycles. The van der Waals surface area contributed by atoms with E-state index in [4.69, 9.17) is 4.74 Å². The van der Waals surface area contributed by atoms with Crippen molar-refractivity contribution in [2.45, 2.75) is 0 Å². The largest absolute Gasteiger partial charge is 0.497 e. The predicted octanol–water partition coefficient (Wildman–Crippen LogP) is 2.86. The molecule has 6 nitrogen and oxygen atoms in total. The first kappa shape index (κ1) is 14.2. The molecule has 1 amide bonds. The molecule has 0 atom stereocenters. The molecule has 0 aliphatic carbocycles. The van der Waals surface area contributed by atoms with Crippen molar-refractivity contribution >= 4 is 22.4 Å². The van der Waals surface area contributed by atoms with Crippen LogP contribution < -0.4 is 10.1 Å². The molecule has 2 aromatic heterocycles. The molecule has 0 unspecified atom stereocenters. The Kier molecular flexibility index (Phi) is 4.06. The summed E-state index contributed by atoms with van der Waals surface area (Å²) >= 11 is 1.31. The summed E-state index contributed by atoms with van der Waals surface area (Å²) in [6, 6.07) is 10.5. The van der Waals surface area contributed by atoms with Crippen molar-refractivity contribution in [2.24, 2.45) is 0 Å². The summed E-state index contributed by atoms with van der Waals surface area (Å²) in [5, 5.41) is 12.0. The zero-order valence-electron chi connectivity index (χ0n) is 11.7. The van der Waals surface area contributed by atoms with Gasteiger partial charge >= 0.3 is 0 Å². The van der Waals surface area contributed by atoms with Gasteiger partial charge in [0, 0.05) is 23.5 Å². The Morgan fingerprint density at radius 1 is 1.09 bits per heavy atom. The molecular weight excluding hydrogens is 300 g/mol. The molecule has 0 aliphatic heterocycles. The van der Waals surface area contributed by atoms with E-state index in [0.717, 1.165) is 10.6 Å². The summed E-state index contributed by atoms with van der Waals surface area (Å²) in [4.78, 5) is 16.1. The lowest BCUT2D eigenvalue weighted by molar-refractivity contribution is 0.102. The third-order valence-electron chi connectivity index (χ3n) is 2.92. The number of carbonyl (C=O) groups is 1. The van der Waals surface area contributed by atoms with Crippen LogP contribution in [0.2, 0.25) is 0 Å². The fourth-order valence-corrected chi connectivity index (χ4v) is 2.54. The molecule has 110 valence electrons. The van der Waals surface area contributed by atoms with Crippen LogP contribution in [0.3, 0.4) is 0 Å². The topological polar surface area (TPSA) is 77.0 Å². The number of hydrogen-bond donors (Lipinski definition) is 1. The zero-order valence-corrected chi connectivity index (χ0v) is 12.5. The quantitative estimate of drug-likeness (QED) is 0.801. The van der Waals surface area contributed by atoms with Crippen molar-refractivity contribution in [3.05, 3.63) is 54.4 Å². The van der Waals surface area contributed by atoms with Gasteiger partial charge in [-0.1, -0.05) is 11.3 Å². The van der Waals surface area contributed by atoms with E-state index in [9.17, 15) is 4.79 Å². The van der Waals surface area contributed by atoms with Gasteiger partial charge in [-0.3, -0.25) is 15.1 Å². The lowest BCUT2D eigenvalue weighted by Crippen LogP contribution is -2.11. The first-order chi connectivity index (χ1) is 10.8. The minimum atomic E-state index is -0.236. The van der Waals surface area contributed by atoms with Crippen LogP contribution in [0.5, 0.6) is 5.75 Å². The molecular formula is C15H12N4O2S. The van der Waals surface area contributed by atoms with E-state index in [1.807, 2.05) is 12.1 Å². The monoisotopic (exact) mass is 312 g/mol. The average Bonchev–Trinajstić information content (AvgIpc) is 3.04. The number of anilines is 1. The smallest absolute Gasteiger partial charge is 0.257 e.